The first-order valence-corrected chi connectivity index (χ1v) is 13.7. The number of Topliss-reactive ketones (excluding diaryl/α,β-unsaturated/α-hetero) is 2. The van der Waals surface area contributed by atoms with E-state index in [1.807, 2.05) is 48.5 Å². The van der Waals surface area contributed by atoms with E-state index >= 15 is 0 Å². The third kappa shape index (κ3) is 8.94. The second kappa shape index (κ2) is 14.2. The standard InChI is InChI=1S/C28H51N3O5/c1-10-17(5)23(31-27(36)24(29-9)18(6)11-2)22(33)15-20(19(7)32)26(35)30-21(14-16(3)4)25(34)28(8)12-13-28/h16-21,23-24,29,32H,10-15H2,1-9H3,(H,30,35)(H,31,36)/t17-,18-,19+,20-,21-,23-,24-/m0/s1. The zero-order chi connectivity index (χ0) is 27.8. The molecule has 0 aliphatic heterocycles. The average molecular weight is 510 g/mol. The van der Waals surface area contributed by atoms with Crippen LogP contribution in [0.4, 0.5) is 0 Å². The molecule has 1 rings (SSSR count). The fourth-order valence-corrected chi connectivity index (χ4v) is 4.59. The molecule has 0 saturated heterocycles. The molecule has 0 aromatic carbocycles. The summed E-state index contributed by atoms with van der Waals surface area (Å²) in [6, 6.07) is -1.84. The molecule has 0 unspecified atom stereocenters. The normalized spacial score (nSPS) is 20.4. The molecule has 8 heteroatoms. The van der Waals surface area contributed by atoms with Crippen molar-refractivity contribution in [1.82, 2.24) is 16.0 Å². The summed E-state index contributed by atoms with van der Waals surface area (Å²) >= 11 is 0. The summed E-state index contributed by atoms with van der Waals surface area (Å²) in [5.41, 5.74) is -0.394. The number of aliphatic hydroxyl groups excluding tert-OH is 1. The van der Waals surface area contributed by atoms with Crippen LogP contribution in [0.1, 0.15) is 93.9 Å². The Hall–Kier alpha value is -1.80. The molecular formula is C28H51N3O5. The van der Waals surface area contributed by atoms with E-state index in [1.54, 1.807) is 7.05 Å². The SMILES string of the molecule is CC[C@H](C)[C@H](NC(=O)[C@@H](NC)[C@@H](C)CC)C(=O)C[C@H](C(=O)N[C@@H](CC(C)C)C(=O)C1(C)CC1)[C@@H](C)O. The van der Waals surface area contributed by atoms with Gasteiger partial charge in [-0.15, -0.1) is 0 Å². The van der Waals surface area contributed by atoms with E-state index in [9.17, 15) is 24.3 Å². The van der Waals surface area contributed by atoms with E-state index in [4.69, 9.17) is 0 Å². The number of nitrogens with one attached hydrogen (secondary N) is 3. The van der Waals surface area contributed by atoms with Gasteiger partial charge in [-0.2, -0.15) is 0 Å². The van der Waals surface area contributed by atoms with Crippen molar-refractivity contribution in [2.75, 3.05) is 7.05 Å². The minimum Gasteiger partial charge on any atom is -0.393 e. The van der Waals surface area contributed by atoms with Crippen LogP contribution in [0.2, 0.25) is 0 Å². The Kier molecular flexibility index (Phi) is 12.7. The summed E-state index contributed by atoms with van der Waals surface area (Å²) < 4.78 is 0. The highest BCUT2D eigenvalue weighted by molar-refractivity contribution is 5.97. The molecule has 2 amide bonds. The summed E-state index contributed by atoms with van der Waals surface area (Å²) in [5.74, 6) is -1.88. The number of amides is 2. The molecule has 0 aromatic rings. The van der Waals surface area contributed by atoms with Gasteiger partial charge in [0, 0.05) is 11.8 Å². The Balaban J connectivity index is 3.05. The number of carbonyl (C=O) groups excluding carboxylic acids is 4. The number of rotatable bonds is 17. The molecule has 8 nitrogen and oxygen atoms in total. The Morgan fingerprint density at radius 3 is 1.81 bits per heavy atom. The number of aliphatic hydroxyl groups is 1. The number of ketones is 2. The van der Waals surface area contributed by atoms with Crippen molar-refractivity contribution >= 4 is 23.4 Å². The topological polar surface area (TPSA) is 125 Å². The lowest BCUT2D eigenvalue weighted by Gasteiger charge is -2.30. The monoisotopic (exact) mass is 509 g/mol. The van der Waals surface area contributed by atoms with Gasteiger partial charge >= 0.3 is 0 Å². The van der Waals surface area contributed by atoms with Crippen LogP contribution in [0, 0.1) is 29.1 Å². The highest BCUT2D eigenvalue weighted by Gasteiger charge is 2.48. The van der Waals surface area contributed by atoms with Crippen molar-refractivity contribution in [3.05, 3.63) is 0 Å². The molecule has 0 bridgehead atoms. The van der Waals surface area contributed by atoms with Crippen LogP contribution in [0.5, 0.6) is 0 Å². The van der Waals surface area contributed by atoms with Gasteiger partial charge in [0.05, 0.1) is 30.1 Å². The van der Waals surface area contributed by atoms with Crippen molar-refractivity contribution in [2.24, 2.45) is 29.1 Å². The highest BCUT2D eigenvalue weighted by Crippen LogP contribution is 2.47. The van der Waals surface area contributed by atoms with E-state index in [0.29, 0.717) is 12.8 Å². The number of hydrogen-bond acceptors (Lipinski definition) is 6. The zero-order valence-electron chi connectivity index (χ0n) is 23.9. The first kappa shape index (κ1) is 32.2. The van der Waals surface area contributed by atoms with E-state index in [-0.39, 0.29) is 41.6 Å². The lowest BCUT2D eigenvalue weighted by molar-refractivity contribution is -0.138. The molecular weight excluding hydrogens is 458 g/mol. The van der Waals surface area contributed by atoms with Crippen LogP contribution in [-0.4, -0.2) is 59.8 Å². The summed E-state index contributed by atoms with van der Waals surface area (Å²) in [4.78, 5) is 52.7. The van der Waals surface area contributed by atoms with Gasteiger partial charge in [-0.05, 0) is 51.0 Å². The van der Waals surface area contributed by atoms with E-state index < -0.39 is 41.5 Å². The van der Waals surface area contributed by atoms with Crippen molar-refractivity contribution in [3.63, 3.8) is 0 Å². The first-order valence-electron chi connectivity index (χ1n) is 13.7. The Morgan fingerprint density at radius 2 is 1.39 bits per heavy atom. The van der Waals surface area contributed by atoms with Crippen molar-refractivity contribution in [1.29, 1.82) is 0 Å². The quantitative estimate of drug-likeness (QED) is 0.239. The Bertz CT molecular complexity index is 762. The van der Waals surface area contributed by atoms with E-state index in [1.165, 1.54) is 6.92 Å². The maximum atomic E-state index is 13.4. The van der Waals surface area contributed by atoms with Crippen LogP contribution in [0.25, 0.3) is 0 Å². The summed E-state index contributed by atoms with van der Waals surface area (Å²) in [7, 11) is 1.72. The summed E-state index contributed by atoms with van der Waals surface area (Å²) in [6.07, 6.45) is 2.31. The molecule has 36 heavy (non-hydrogen) atoms. The molecule has 0 radical (unpaired) electrons. The predicted molar refractivity (Wildman–Crippen MR) is 142 cm³/mol. The minimum absolute atomic E-state index is 0.0214. The molecule has 1 aliphatic carbocycles. The largest absolute Gasteiger partial charge is 0.393 e. The van der Waals surface area contributed by atoms with Gasteiger partial charge < -0.3 is 21.1 Å². The fraction of sp³-hybridized carbons (Fsp3) is 0.857. The van der Waals surface area contributed by atoms with Gasteiger partial charge in [-0.1, -0.05) is 61.3 Å². The Labute approximate surface area is 218 Å². The lowest BCUT2D eigenvalue weighted by atomic mass is 9.86. The molecule has 0 heterocycles. The van der Waals surface area contributed by atoms with Crippen LogP contribution < -0.4 is 16.0 Å². The number of hydrogen-bond donors (Lipinski definition) is 4. The van der Waals surface area contributed by atoms with Crippen molar-refractivity contribution in [2.45, 2.75) is 118 Å². The lowest BCUT2D eigenvalue weighted by Crippen LogP contribution is -2.54. The maximum Gasteiger partial charge on any atom is 0.237 e. The zero-order valence-corrected chi connectivity index (χ0v) is 23.9. The maximum absolute atomic E-state index is 13.4. The van der Waals surface area contributed by atoms with Crippen LogP contribution in [0.15, 0.2) is 0 Å². The molecule has 7 atom stereocenters. The summed E-state index contributed by atoms with van der Waals surface area (Å²) in [6.45, 7) is 15.2. The smallest absolute Gasteiger partial charge is 0.237 e. The second-order valence-corrected chi connectivity index (χ2v) is 11.7. The molecule has 4 N–H and O–H groups in total. The second-order valence-electron chi connectivity index (χ2n) is 11.7. The van der Waals surface area contributed by atoms with Gasteiger partial charge in [-0.25, -0.2) is 0 Å². The van der Waals surface area contributed by atoms with Gasteiger partial charge in [-0.3, -0.25) is 19.2 Å². The Morgan fingerprint density at radius 1 is 0.861 bits per heavy atom. The summed E-state index contributed by atoms with van der Waals surface area (Å²) in [5, 5.41) is 19.2. The highest BCUT2D eigenvalue weighted by atomic mass is 16.3. The molecule has 0 aromatic heterocycles. The van der Waals surface area contributed by atoms with Crippen LogP contribution in [0.3, 0.4) is 0 Å². The van der Waals surface area contributed by atoms with Crippen molar-refractivity contribution < 1.29 is 24.3 Å². The third-order valence-corrected chi connectivity index (χ3v) is 7.94. The number of likely N-dealkylation sites (N-methyl/N-ethyl adjacent to an activating group) is 1. The van der Waals surface area contributed by atoms with E-state index in [2.05, 4.69) is 16.0 Å². The van der Waals surface area contributed by atoms with Crippen LogP contribution >= 0.6 is 0 Å². The third-order valence-electron chi connectivity index (χ3n) is 7.94. The average Bonchev–Trinajstić information content (AvgIpc) is 3.57. The number of carbonyl (C=O) groups is 4. The van der Waals surface area contributed by atoms with Gasteiger partial charge in [0.25, 0.3) is 0 Å². The predicted octanol–water partition coefficient (Wildman–Crippen LogP) is 3.01. The molecule has 208 valence electrons. The fourth-order valence-electron chi connectivity index (χ4n) is 4.59. The van der Waals surface area contributed by atoms with E-state index in [0.717, 1.165) is 19.3 Å². The van der Waals surface area contributed by atoms with Gasteiger partial charge in [0.1, 0.15) is 0 Å². The minimum atomic E-state index is -1.08. The van der Waals surface area contributed by atoms with Gasteiger partial charge in [0.2, 0.25) is 11.8 Å². The van der Waals surface area contributed by atoms with Crippen molar-refractivity contribution in [3.8, 4) is 0 Å². The molecule has 1 aliphatic rings. The molecule has 1 saturated carbocycles. The first-order chi connectivity index (χ1) is 16.7. The van der Waals surface area contributed by atoms with Crippen LogP contribution in [-0.2, 0) is 19.2 Å². The molecule has 1 fully saturated rings. The molecule has 0 spiro atoms. The van der Waals surface area contributed by atoms with Gasteiger partial charge in [0.15, 0.2) is 11.6 Å².